The maximum atomic E-state index is 5.72. The van der Waals surface area contributed by atoms with Gasteiger partial charge in [-0.25, -0.2) is 0 Å². The summed E-state index contributed by atoms with van der Waals surface area (Å²) in [4.78, 5) is 0. The van der Waals surface area contributed by atoms with Gasteiger partial charge in [-0.1, -0.05) is 36.9 Å². The van der Waals surface area contributed by atoms with Crippen molar-refractivity contribution < 1.29 is 4.74 Å². The minimum Gasteiger partial charge on any atom is -0.457 e. The average molecular weight is 210 g/mol. The lowest BCUT2D eigenvalue weighted by Crippen LogP contribution is -1.84. The maximum Gasteiger partial charge on any atom is 0.127 e. The lowest BCUT2D eigenvalue weighted by molar-refractivity contribution is 0.482. The zero-order valence-corrected chi connectivity index (χ0v) is 9.31. The Morgan fingerprint density at radius 3 is 2.38 bits per heavy atom. The van der Waals surface area contributed by atoms with Crippen molar-refractivity contribution >= 4 is 6.08 Å². The molecule has 0 aliphatic rings. The highest BCUT2D eigenvalue weighted by Crippen LogP contribution is 2.22. The number of hydrogen-bond donors (Lipinski definition) is 0. The van der Waals surface area contributed by atoms with Crippen LogP contribution in [0.2, 0.25) is 0 Å². The lowest BCUT2D eigenvalue weighted by Gasteiger charge is -2.06. The smallest absolute Gasteiger partial charge is 0.127 e. The molecule has 0 saturated heterocycles. The molecule has 0 saturated carbocycles. The van der Waals surface area contributed by atoms with Crippen LogP contribution in [0.1, 0.15) is 11.1 Å². The molecular formula is C15H14O. The van der Waals surface area contributed by atoms with Crippen molar-refractivity contribution in [3.8, 4) is 11.5 Å². The molecule has 0 aliphatic heterocycles. The second kappa shape index (κ2) is 4.67. The molecule has 2 rings (SSSR count). The predicted molar refractivity (Wildman–Crippen MR) is 67.8 cm³/mol. The van der Waals surface area contributed by atoms with Crippen LogP contribution in [0.15, 0.2) is 55.1 Å². The Morgan fingerprint density at radius 1 is 1.00 bits per heavy atom. The molecule has 0 radical (unpaired) electrons. The zero-order valence-electron chi connectivity index (χ0n) is 9.31. The topological polar surface area (TPSA) is 9.23 Å². The van der Waals surface area contributed by atoms with Crippen LogP contribution in [-0.2, 0) is 0 Å². The molecule has 0 bridgehead atoms. The Labute approximate surface area is 96.0 Å². The van der Waals surface area contributed by atoms with Gasteiger partial charge in [0.2, 0.25) is 0 Å². The van der Waals surface area contributed by atoms with E-state index < -0.39 is 0 Å². The van der Waals surface area contributed by atoms with Gasteiger partial charge in [0.05, 0.1) is 0 Å². The highest BCUT2D eigenvalue weighted by atomic mass is 16.5. The van der Waals surface area contributed by atoms with Crippen LogP contribution in [0.5, 0.6) is 11.5 Å². The summed E-state index contributed by atoms with van der Waals surface area (Å²) >= 11 is 0. The first-order valence-electron chi connectivity index (χ1n) is 5.25. The van der Waals surface area contributed by atoms with Crippen molar-refractivity contribution in [3.63, 3.8) is 0 Å². The fourth-order valence-corrected chi connectivity index (χ4v) is 1.49. The fourth-order valence-electron chi connectivity index (χ4n) is 1.49. The Hall–Kier alpha value is -2.02. The Balaban J connectivity index is 2.17. The van der Waals surface area contributed by atoms with Gasteiger partial charge in [0.1, 0.15) is 11.5 Å². The number of ether oxygens (including phenoxy) is 1. The van der Waals surface area contributed by atoms with Gasteiger partial charge in [-0.2, -0.15) is 0 Å². The summed E-state index contributed by atoms with van der Waals surface area (Å²) in [6.45, 7) is 5.76. The molecule has 0 heterocycles. The zero-order chi connectivity index (χ0) is 11.4. The van der Waals surface area contributed by atoms with Crippen LogP contribution in [-0.4, -0.2) is 0 Å². The van der Waals surface area contributed by atoms with Crippen LogP contribution < -0.4 is 4.74 Å². The monoisotopic (exact) mass is 210 g/mol. The minimum atomic E-state index is 0.844. The van der Waals surface area contributed by atoms with Crippen LogP contribution in [0, 0.1) is 6.92 Å². The molecule has 0 fully saturated rings. The second-order valence-electron chi connectivity index (χ2n) is 3.69. The number of rotatable bonds is 3. The second-order valence-corrected chi connectivity index (χ2v) is 3.69. The first-order valence-corrected chi connectivity index (χ1v) is 5.25. The Morgan fingerprint density at radius 2 is 1.75 bits per heavy atom. The van der Waals surface area contributed by atoms with Crippen molar-refractivity contribution in [2.45, 2.75) is 6.92 Å². The van der Waals surface area contributed by atoms with Crippen molar-refractivity contribution in [1.82, 2.24) is 0 Å². The normalized spacial score (nSPS) is 9.81. The first-order chi connectivity index (χ1) is 7.78. The quantitative estimate of drug-likeness (QED) is 0.728. The largest absolute Gasteiger partial charge is 0.457 e. The van der Waals surface area contributed by atoms with Gasteiger partial charge < -0.3 is 4.74 Å². The van der Waals surface area contributed by atoms with Gasteiger partial charge in [-0.3, -0.25) is 0 Å². The molecule has 2 aromatic carbocycles. The van der Waals surface area contributed by atoms with Crippen molar-refractivity contribution in [1.29, 1.82) is 0 Å². The Kier molecular flexibility index (Phi) is 3.06. The van der Waals surface area contributed by atoms with E-state index in [-0.39, 0.29) is 0 Å². The van der Waals surface area contributed by atoms with Gasteiger partial charge in [-0.05, 0) is 42.3 Å². The minimum absolute atomic E-state index is 0.844. The third kappa shape index (κ3) is 2.51. The summed E-state index contributed by atoms with van der Waals surface area (Å²) < 4.78 is 5.72. The standard InChI is InChI=1S/C15H14O/c1-3-13-7-9-14(10-8-13)16-15-6-4-5-12(2)11-15/h3-11H,1H2,2H3. The van der Waals surface area contributed by atoms with E-state index in [0.717, 1.165) is 17.1 Å². The molecule has 1 heteroatoms. The summed E-state index contributed by atoms with van der Waals surface area (Å²) in [5.41, 5.74) is 2.29. The molecule has 0 atom stereocenters. The van der Waals surface area contributed by atoms with Crippen molar-refractivity contribution in [2.24, 2.45) is 0 Å². The molecule has 0 aromatic heterocycles. The number of aryl methyl sites for hydroxylation is 1. The van der Waals surface area contributed by atoms with Crippen LogP contribution in [0.25, 0.3) is 6.08 Å². The molecule has 16 heavy (non-hydrogen) atoms. The molecule has 0 spiro atoms. The van der Waals surface area contributed by atoms with Crippen molar-refractivity contribution in [2.75, 3.05) is 0 Å². The summed E-state index contributed by atoms with van der Waals surface area (Å²) in [6, 6.07) is 15.9. The van der Waals surface area contributed by atoms with Crippen molar-refractivity contribution in [3.05, 3.63) is 66.2 Å². The van der Waals surface area contributed by atoms with Gasteiger partial charge >= 0.3 is 0 Å². The molecule has 2 aromatic rings. The molecule has 0 N–H and O–H groups in total. The third-order valence-electron chi connectivity index (χ3n) is 2.34. The summed E-state index contributed by atoms with van der Waals surface area (Å²) in [5, 5.41) is 0. The summed E-state index contributed by atoms with van der Waals surface area (Å²) in [5.74, 6) is 1.71. The van der Waals surface area contributed by atoms with E-state index in [9.17, 15) is 0 Å². The molecule has 0 aliphatic carbocycles. The van der Waals surface area contributed by atoms with Gasteiger partial charge in [0.15, 0.2) is 0 Å². The number of hydrogen-bond acceptors (Lipinski definition) is 1. The SMILES string of the molecule is C=Cc1ccc(Oc2cccc(C)c2)cc1. The molecule has 1 nitrogen and oxygen atoms in total. The highest BCUT2D eigenvalue weighted by molar-refractivity contribution is 5.48. The average Bonchev–Trinajstić information content (AvgIpc) is 2.30. The predicted octanol–water partition coefficient (Wildman–Crippen LogP) is 4.43. The highest BCUT2D eigenvalue weighted by Gasteiger charge is 1.96. The van der Waals surface area contributed by atoms with E-state index in [1.165, 1.54) is 5.56 Å². The molecule has 0 amide bonds. The lowest BCUT2D eigenvalue weighted by atomic mass is 10.2. The fraction of sp³-hybridized carbons (Fsp3) is 0.0667. The third-order valence-corrected chi connectivity index (χ3v) is 2.34. The maximum absolute atomic E-state index is 5.72. The van der Waals surface area contributed by atoms with E-state index in [1.54, 1.807) is 0 Å². The van der Waals surface area contributed by atoms with E-state index >= 15 is 0 Å². The molecule has 80 valence electrons. The van der Waals surface area contributed by atoms with Crippen LogP contribution >= 0.6 is 0 Å². The van der Waals surface area contributed by atoms with Crippen LogP contribution in [0.4, 0.5) is 0 Å². The van der Waals surface area contributed by atoms with Crippen LogP contribution in [0.3, 0.4) is 0 Å². The first kappa shape index (κ1) is 10.5. The van der Waals surface area contributed by atoms with E-state index in [2.05, 4.69) is 6.58 Å². The molecule has 0 unspecified atom stereocenters. The van der Waals surface area contributed by atoms with E-state index in [4.69, 9.17) is 4.74 Å². The van der Waals surface area contributed by atoms with Gasteiger partial charge in [-0.15, -0.1) is 0 Å². The van der Waals surface area contributed by atoms with E-state index in [1.807, 2.05) is 61.5 Å². The van der Waals surface area contributed by atoms with E-state index in [0.29, 0.717) is 0 Å². The number of benzene rings is 2. The summed E-state index contributed by atoms with van der Waals surface area (Å²) in [7, 11) is 0. The van der Waals surface area contributed by atoms with Gasteiger partial charge in [0, 0.05) is 0 Å². The molecular weight excluding hydrogens is 196 g/mol. The van der Waals surface area contributed by atoms with Gasteiger partial charge in [0.25, 0.3) is 0 Å². The Bertz CT molecular complexity index is 483. The summed E-state index contributed by atoms with van der Waals surface area (Å²) in [6.07, 6.45) is 1.82.